The molecule has 8 heteroatoms. The number of nitrogens with one attached hydrogen (secondary N) is 1. The van der Waals surface area contributed by atoms with Crippen molar-refractivity contribution in [2.24, 2.45) is 0 Å². The van der Waals surface area contributed by atoms with Gasteiger partial charge in [0.25, 0.3) is 0 Å². The first-order valence-corrected chi connectivity index (χ1v) is 10.5. The number of hydrogen-bond acceptors (Lipinski definition) is 5. The van der Waals surface area contributed by atoms with Crippen LogP contribution in [0, 0.1) is 0 Å². The van der Waals surface area contributed by atoms with E-state index >= 15 is 0 Å². The molecule has 1 atom stereocenters. The van der Waals surface area contributed by atoms with Crippen LogP contribution in [-0.4, -0.2) is 27.5 Å². The van der Waals surface area contributed by atoms with Gasteiger partial charge in [-0.3, -0.25) is 4.79 Å². The Balaban J connectivity index is 1.54. The summed E-state index contributed by atoms with van der Waals surface area (Å²) >= 11 is 6.08. The van der Waals surface area contributed by atoms with Crippen molar-refractivity contribution >= 4 is 17.5 Å². The number of halogens is 1. The maximum Gasteiger partial charge on any atom is 0.231 e. The van der Waals surface area contributed by atoms with Crippen molar-refractivity contribution < 1.29 is 14.3 Å². The van der Waals surface area contributed by atoms with Crippen LogP contribution in [0.3, 0.4) is 0 Å². The normalized spacial score (nSPS) is 13.8. The largest absolute Gasteiger partial charge is 0.454 e. The van der Waals surface area contributed by atoms with Crippen molar-refractivity contribution in [2.75, 3.05) is 6.79 Å². The fraction of sp³-hybridized carbons (Fsp3) is 0.348. The van der Waals surface area contributed by atoms with Crippen molar-refractivity contribution in [2.45, 2.75) is 45.6 Å². The number of hydrogen-bond donors (Lipinski definition) is 1. The number of fused-ring (bicyclic) bond motifs is 1. The Morgan fingerprint density at radius 3 is 2.71 bits per heavy atom. The molecule has 1 aliphatic heterocycles. The quantitative estimate of drug-likeness (QED) is 0.596. The number of aromatic nitrogens is 3. The van der Waals surface area contributed by atoms with E-state index in [1.165, 1.54) is 0 Å². The van der Waals surface area contributed by atoms with Gasteiger partial charge < -0.3 is 14.8 Å². The van der Waals surface area contributed by atoms with E-state index in [2.05, 4.69) is 31.1 Å². The molecule has 0 bridgehead atoms. The topological polar surface area (TPSA) is 78.3 Å². The molecule has 2 aromatic heterocycles. The van der Waals surface area contributed by atoms with E-state index in [1.807, 2.05) is 43.3 Å². The van der Waals surface area contributed by atoms with E-state index in [-0.39, 0.29) is 24.0 Å². The molecule has 1 unspecified atom stereocenters. The predicted molar refractivity (Wildman–Crippen MR) is 118 cm³/mol. The van der Waals surface area contributed by atoms with Gasteiger partial charge in [0.2, 0.25) is 12.7 Å². The summed E-state index contributed by atoms with van der Waals surface area (Å²) in [6, 6.07) is 12.9. The second kappa shape index (κ2) is 8.23. The van der Waals surface area contributed by atoms with E-state index in [4.69, 9.17) is 26.2 Å². The summed E-state index contributed by atoms with van der Waals surface area (Å²) in [5, 5.41) is 8.13. The van der Waals surface area contributed by atoms with Crippen molar-refractivity contribution in [3.63, 3.8) is 0 Å². The summed E-state index contributed by atoms with van der Waals surface area (Å²) in [5.74, 6) is 1.53. The third-order valence-electron chi connectivity index (χ3n) is 5.20. The number of pyridine rings is 1. The summed E-state index contributed by atoms with van der Waals surface area (Å²) in [5.41, 5.74) is 2.44. The predicted octanol–water partition coefficient (Wildman–Crippen LogP) is 4.37. The summed E-state index contributed by atoms with van der Waals surface area (Å²) in [6.45, 7) is 8.66. The number of carbonyl (C=O) groups excluding carboxylic acids is 1. The average molecular weight is 441 g/mol. The molecule has 1 amide bonds. The number of rotatable bonds is 5. The fourth-order valence-corrected chi connectivity index (χ4v) is 3.45. The molecule has 0 saturated heterocycles. The highest BCUT2D eigenvalue weighted by molar-refractivity contribution is 6.29. The second-order valence-corrected chi connectivity index (χ2v) is 8.94. The molecule has 1 N–H and O–H groups in total. The van der Waals surface area contributed by atoms with Crippen LogP contribution in [0.25, 0.3) is 5.82 Å². The molecule has 1 aliphatic rings. The van der Waals surface area contributed by atoms with Crippen LogP contribution in [0.15, 0.2) is 42.5 Å². The lowest BCUT2D eigenvalue weighted by Gasteiger charge is -2.14. The summed E-state index contributed by atoms with van der Waals surface area (Å²) in [6.07, 6.45) is 0. The van der Waals surface area contributed by atoms with Gasteiger partial charge in [-0.05, 0) is 42.8 Å². The molecule has 0 radical (unpaired) electrons. The molecule has 0 fully saturated rings. The molecule has 0 spiro atoms. The SMILES string of the molecule is CC(C(=O)NCc1cc(C(C)(C)C)nn1-c1cccc(Cl)n1)c1ccc2c(c1)OCO2. The van der Waals surface area contributed by atoms with Crippen molar-refractivity contribution in [3.05, 3.63) is 64.6 Å². The van der Waals surface area contributed by atoms with Crippen molar-refractivity contribution in [3.8, 4) is 17.3 Å². The Labute approximate surface area is 186 Å². The van der Waals surface area contributed by atoms with Crippen LogP contribution in [0.1, 0.15) is 50.6 Å². The van der Waals surface area contributed by atoms with E-state index in [1.54, 1.807) is 10.7 Å². The number of amides is 1. The van der Waals surface area contributed by atoms with E-state index < -0.39 is 0 Å². The summed E-state index contributed by atoms with van der Waals surface area (Å²) in [4.78, 5) is 17.2. The Kier molecular flexibility index (Phi) is 5.62. The summed E-state index contributed by atoms with van der Waals surface area (Å²) in [7, 11) is 0. The van der Waals surface area contributed by atoms with Crippen LogP contribution in [0.4, 0.5) is 0 Å². The zero-order valence-corrected chi connectivity index (χ0v) is 18.7. The molecule has 162 valence electrons. The van der Waals surface area contributed by atoms with E-state index in [9.17, 15) is 4.79 Å². The fourth-order valence-electron chi connectivity index (χ4n) is 3.29. The first-order valence-electron chi connectivity index (χ1n) is 10.1. The van der Waals surface area contributed by atoms with Crippen molar-refractivity contribution in [1.29, 1.82) is 0 Å². The van der Waals surface area contributed by atoms with Gasteiger partial charge in [-0.15, -0.1) is 0 Å². The average Bonchev–Trinajstić information content (AvgIpc) is 3.37. The zero-order valence-electron chi connectivity index (χ0n) is 18.0. The molecular formula is C23H25ClN4O3. The number of carbonyl (C=O) groups is 1. The molecular weight excluding hydrogens is 416 g/mol. The minimum absolute atomic E-state index is 0.0945. The number of nitrogens with zero attached hydrogens (tertiary/aromatic N) is 3. The van der Waals surface area contributed by atoms with Crippen LogP contribution >= 0.6 is 11.6 Å². The summed E-state index contributed by atoms with van der Waals surface area (Å²) < 4.78 is 12.5. The monoisotopic (exact) mass is 440 g/mol. The minimum atomic E-state index is -0.350. The molecule has 3 aromatic rings. The first kappa shape index (κ1) is 21.2. The lowest BCUT2D eigenvalue weighted by molar-refractivity contribution is -0.122. The van der Waals surface area contributed by atoms with Gasteiger partial charge in [0, 0.05) is 5.41 Å². The third kappa shape index (κ3) is 4.51. The Morgan fingerprint density at radius 2 is 1.97 bits per heavy atom. The Hall–Kier alpha value is -3.06. The highest BCUT2D eigenvalue weighted by atomic mass is 35.5. The minimum Gasteiger partial charge on any atom is -0.454 e. The number of ether oxygens (including phenoxy) is 2. The van der Waals surface area contributed by atoms with Crippen molar-refractivity contribution in [1.82, 2.24) is 20.1 Å². The van der Waals surface area contributed by atoms with Gasteiger partial charge in [0.05, 0.1) is 23.9 Å². The lowest BCUT2D eigenvalue weighted by atomic mass is 9.92. The zero-order chi connectivity index (χ0) is 22.2. The molecule has 0 saturated carbocycles. The smallest absolute Gasteiger partial charge is 0.231 e. The molecule has 3 heterocycles. The highest BCUT2D eigenvalue weighted by Gasteiger charge is 2.23. The number of benzene rings is 1. The van der Waals surface area contributed by atoms with Gasteiger partial charge >= 0.3 is 0 Å². The lowest BCUT2D eigenvalue weighted by Crippen LogP contribution is -2.28. The first-order chi connectivity index (χ1) is 14.7. The third-order valence-corrected chi connectivity index (χ3v) is 5.41. The van der Waals surface area contributed by atoms with E-state index in [0.29, 0.717) is 29.0 Å². The van der Waals surface area contributed by atoms with Gasteiger partial charge in [-0.1, -0.05) is 44.5 Å². The van der Waals surface area contributed by atoms with Crippen LogP contribution in [0.2, 0.25) is 5.15 Å². The van der Waals surface area contributed by atoms with Gasteiger partial charge in [-0.2, -0.15) is 5.10 Å². The van der Waals surface area contributed by atoms with Gasteiger partial charge in [0.1, 0.15) is 5.15 Å². The molecule has 4 rings (SSSR count). The molecule has 31 heavy (non-hydrogen) atoms. The van der Waals surface area contributed by atoms with Crippen LogP contribution in [0.5, 0.6) is 11.5 Å². The molecule has 0 aliphatic carbocycles. The Morgan fingerprint density at radius 1 is 1.19 bits per heavy atom. The highest BCUT2D eigenvalue weighted by Crippen LogP contribution is 2.34. The molecule has 7 nitrogen and oxygen atoms in total. The van der Waals surface area contributed by atoms with Gasteiger partial charge in [0.15, 0.2) is 17.3 Å². The van der Waals surface area contributed by atoms with Crippen LogP contribution < -0.4 is 14.8 Å². The van der Waals surface area contributed by atoms with Gasteiger partial charge in [-0.25, -0.2) is 9.67 Å². The second-order valence-electron chi connectivity index (χ2n) is 8.55. The Bertz CT molecular complexity index is 1120. The maximum absolute atomic E-state index is 12.9. The molecule has 1 aromatic carbocycles. The van der Waals surface area contributed by atoms with E-state index in [0.717, 1.165) is 17.0 Å². The standard InChI is InChI=1S/C23H25ClN4O3/c1-14(15-8-9-17-18(10-15)31-13-30-17)22(29)25-12-16-11-19(23(2,3)4)27-28(16)21-7-5-6-20(24)26-21/h5-11,14H,12-13H2,1-4H3,(H,25,29). The maximum atomic E-state index is 12.9. The van der Waals surface area contributed by atoms with Crippen LogP contribution in [-0.2, 0) is 16.8 Å².